The van der Waals surface area contributed by atoms with Crippen molar-refractivity contribution in [3.8, 4) is 0 Å². The number of hydrogen-bond donors (Lipinski definition) is 3. The zero-order chi connectivity index (χ0) is 25.0. The number of sulfonamides is 1. The highest BCUT2D eigenvalue weighted by molar-refractivity contribution is 7.92. The Labute approximate surface area is 208 Å². The van der Waals surface area contributed by atoms with E-state index in [-0.39, 0.29) is 4.90 Å². The van der Waals surface area contributed by atoms with Crippen molar-refractivity contribution in [3.63, 3.8) is 0 Å². The van der Waals surface area contributed by atoms with Crippen molar-refractivity contribution in [1.82, 2.24) is 9.97 Å². The predicted molar refractivity (Wildman–Crippen MR) is 142 cm³/mol. The molecule has 5 rings (SSSR count). The van der Waals surface area contributed by atoms with Gasteiger partial charge in [0, 0.05) is 46.7 Å². The lowest BCUT2D eigenvalue weighted by atomic mass is 10.1. The molecule has 0 aliphatic heterocycles. The molecule has 0 amide bonds. The molecule has 0 radical (unpaired) electrons. The summed E-state index contributed by atoms with van der Waals surface area (Å²) in [5.74, 6) is 0. The monoisotopic (exact) mass is 492 g/mol. The standard InChI is InChI=1S/C27H20N6O2S/c1-28-21-7-10-26-25(18-21)27(13-16-30-26)32-22-3-2-4-23(17-22)33-36(34,35)24-8-5-19(6-9-24)31-20-11-14-29-15-12-20/h2-18,33H,(H,29,31)(H,30,32). The number of nitrogens with zero attached hydrogens (tertiary/aromatic N) is 3. The number of hydrogen-bond acceptors (Lipinski definition) is 6. The first-order valence-electron chi connectivity index (χ1n) is 10.9. The van der Waals surface area contributed by atoms with Gasteiger partial charge in [-0.3, -0.25) is 14.7 Å². The van der Waals surface area contributed by atoms with E-state index in [9.17, 15) is 8.42 Å². The van der Waals surface area contributed by atoms with E-state index in [1.54, 1.807) is 79.3 Å². The lowest BCUT2D eigenvalue weighted by Gasteiger charge is -2.13. The quantitative estimate of drug-likeness (QED) is 0.225. The van der Waals surface area contributed by atoms with E-state index in [4.69, 9.17) is 6.57 Å². The van der Waals surface area contributed by atoms with Crippen molar-refractivity contribution in [2.24, 2.45) is 0 Å². The van der Waals surface area contributed by atoms with Gasteiger partial charge in [0.2, 0.25) is 0 Å². The van der Waals surface area contributed by atoms with Crippen LogP contribution < -0.4 is 15.4 Å². The van der Waals surface area contributed by atoms with Gasteiger partial charge in [-0.1, -0.05) is 12.1 Å². The summed E-state index contributed by atoms with van der Waals surface area (Å²) in [4.78, 5) is 12.0. The van der Waals surface area contributed by atoms with E-state index in [1.165, 1.54) is 0 Å². The predicted octanol–water partition coefficient (Wildman–Crippen LogP) is 6.47. The van der Waals surface area contributed by atoms with E-state index in [0.717, 1.165) is 28.0 Å². The smallest absolute Gasteiger partial charge is 0.261 e. The Morgan fingerprint density at radius 3 is 2.25 bits per heavy atom. The molecule has 0 atom stereocenters. The average molecular weight is 493 g/mol. The molecule has 2 aromatic heterocycles. The minimum absolute atomic E-state index is 0.146. The highest BCUT2D eigenvalue weighted by Crippen LogP contribution is 2.30. The molecule has 9 heteroatoms. The SMILES string of the molecule is [C-]#[N+]c1ccc2nccc(Nc3cccc(NS(=O)(=O)c4ccc(Nc5ccncc5)cc4)c3)c2c1. The maximum Gasteiger partial charge on any atom is 0.261 e. The van der Waals surface area contributed by atoms with Crippen LogP contribution in [0.1, 0.15) is 0 Å². The zero-order valence-corrected chi connectivity index (χ0v) is 19.7. The summed E-state index contributed by atoms with van der Waals surface area (Å²) in [6.45, 7) is 7.27. The zero-order valence-electron chi connectivity index (χ0n) is 18.9. The maximum absolute atomic E-state index is 13.0. The Balaban J connectivity index is 1.34. The van der Waals surface area contributed by atoms with Gasteiger partial charge in [-0.25, -0.2) is 13.3 Å². The van der Waals surface area contributed by atoms with Gasteiger partial charge in [0.15, 0.2) is 5.69 Å². The fourth-order valence-corrected chi connectivity index (χ4v) is 4.71. The largest absolute Gasteiger partial charge is 0.355 e. The van der Waals surface area contributed by atoms with Gasteiger partial charge in [-0.15, -0.1) is 0 Å². The Hall–Kier alpha value is -4.94. The van der Waals surface area contributed by atoms with E-state index >= 15 is 0 Å². The molecule has 0 unspecified atom stereocenters. The van der Waals surface area contributed by atoms with E-state index in [0.29, 0.717) is 17.1 Å². The van der Waals surface area contributed by atoms with Gasteiger partial charge >= 0.3 is 0 Å². The third-order valence-corrected chi connectivity index (χ3v) is 6.78. The number of pyridine rings is 2. The van der Waals surface area contributed by atoms with Crippen molar-refractivity contribution in [1.29, 1.82) is 0 Å². The number of fused-ring (bicyclic) bond motifs is 1. The van der Waals surface area contributed by atoms with Crippen LogP contribution in [0.15, 0.2) is 108 Å². The van der Waals surface area contributed by atoms with Crippen LogP contribution in [-0.2, 0) is 10.0 Å². The van der Waals surface area contributed by atoms with Gasteiger partial charge in [0.05, 0.1) is 22.7 Å². The maximum atomic E-state index is 13.0. The van der Waals surface area contributed by atoms with Crippen molar-refractivity contribution in [3.05, 3.63) is 115 Å². The lowest BCUT2D eigenvalue weighted by Crippen LogP contribution is -2.13. The van der Waals surface area contributed by atoms with Crippen molar-refractivity contribution in [2.75, 3.05) is 15.4 Å². The third-order valence-electron chi connectivity index (χ3n) is 5.38. The summed E-state index contributed by atoms with van der Waals surface area (Å²) in [7, 11) is -3.80. The number of nitrogens with one attached hydrogen (secondary N) is 3. The van der Waals surface area contributed by atoms with Crippen LogP contribution in [0.2, 0.25) is 0 Å². The molecule has 0 bridgehead atoms. The molecule has 0 aliphatic rings. The second-order valence-electron chi connectivity index (χ2n) is 7.87. The Kier molecular flexibility index (Phi) is 6.18. The third kappa shape index (κ3) is 5.09. The van der Waals surface area contributed by atoms with Gasteiger partial charge in [-0.05, 0) is 72.8 Å². The fourth-order valence-electron chi connectivity index (χ4n) is 3.66. The van der Waals surface area contributed by atoms with Crippen molar-refractivity contribution in [2.45, 2.75) is 4.90 Å². The minimum Gasteiger partial charge on any atom is -0.355 e. The second-order valence-corrected chi connectivity index (χ2v) is 9.55. The molecular weight excluding hydrogens is 472 g/mol. The van der Waals surface area contributed by atoms with Crippen LogP contribution in [-0.4, -0.2) is 18.4 Å². The van der Waals surface area contributed by atoms with Crippen LogP contribution in [0.3, 0.4) is 0 Å². The summed E-state index contributed by atoms with van der Waals surface area (Å²) >= 11 is 0. The molecule has 8 nitrogen and oxygen atoms in total. The van der Waals surface area contributed by atoms with Crippen molar-refractivity contribution < 1.29 is 8.42 Å². The number of aromatic nitrogens is 2. The number of rotatable bonds is 7. The molecule has 176 valence electrons. The van der Waals surface area contributed by atoms with Crippen LogP contribution >= 0.6 is 0 Å². The van der Waals surface area contributed by atoms with Gasteiger partial charge in [0.25, 0.3) is 10.0 Å². The molecule has 0 spiro atoms. The van der Waals surface area contributed by atoms with Crippen LogP contribution in [0, 0.1) is 6.57 Å². The normalized spacial score (nSPS) is 11.0. The van der Waals surface area contributed by atoms with Gasteiger partial charge < -0.3 is 10.6 Å². The summed E-state index contributed by atoms with van der Waals surface area (Å²) in [6.07, 6.45) is 5.04. The minimum atomic E-state index is -3.80. The first-order chi connectivity index (χ1) is 17.5. The summed E-state index contributed by atoms with van der Waals surface area (Å²) < 4.78 is 28.6. The highest BCUT2D eigenvalue weighted by Gasteiger charge is 2.14. The highest BCUT2D eigenvalue weighted by atomic mass is 32.2. The van der Waals surface area contributed by atoms with Gasteiger partial charge in [0.1, 0.15) is 0 Å². The molecular formula is C27H20N6O2S. The molecule has 3 N–H and O–H groups in total. The average Bonchev–Trinajstić information content (AvgIpc) is 2.89. The molecule has 0 fully saturated rings. The number of benzene rings is 3. The van der Waals surface area contributed by atoms with Crippen molar-refractivity contribution >= 4 is 55.1 Å². The molecule has 2 heterocycles. The fraction of sp³-hybridized carbons (Fsp3) is 0. The first-order valence-corrected chi connectivity index (χ1v) is 12.4. The molecule has 0 saturated carbocycles. The molecule has 0 saturated heterocycles. The Morgan fingerprint density at radius 2 is 1.47 bits per heavy atom. The summed E-state index contributed by atoms with van der Waals surface area (Å²) in [6, 6.07) is 24.3. The second kappa shape index (κ2) is 9.74. The van der Waals surface area contributed by atoms with E-state index in [1.807, 2.05) is 24.3 Å². The number of anilines is 5. The summed E-state index contributed by atoms with van der Waals surface area (Å²) in [5.41, 5.74) is 4.76. The Bertz CT molecular complexity index is 1680. The van der Waals surface area contributed by atoms with Crippen LogP contribution in [0.5, 0.6) is 0 Å². The first kappa shape index (κ1) is 22.8. The molecule has 5 aromatic rings. The van der Waals surface area contributed by atoms with Gasteiger partial charge in [-0.2, -0.15) is 0 Å². The Morgan fingerprint density at radius 1 is 0.722 bits per heavy atom. The molecule has 0 aliphatic carbocycles. The van der Waals surface area contributed by atoms with Crippen LogP contribution in [0.4, 0.5) is 34.1 Å². The topological polar surface area (TPSA) is 100 Å². The lowest BCUT2D eigenvalue weighted by molar-refractivity contribution is 0.601. The van der Waals surface area contributed by atoms with E-state index in [2.05, 4.69) is 30.2 Å². The summed E-state index contributed by atoms with van der Waals surface area (Å²) in [5, 5.41) is 7.31. The molecule has 3 aromatic carbocycles. The molecule has 36 heavy (non-hydrogen) atoms. The van der Waals surface area contributed by atoms with Crippen LogP contribution in [0.25, 0.3) is 15.7 Å². The van der Waals surface area contributed by atoms with E-state index < -0.39 is 10.0 Å².